The number of carbonyl (C=O) groups excluding carboxylic acids is 1. The van der Waals surface area contributed by atoms with Crippen LogP contribution in [-0.4, -0.2) is 18.4 Å². The van der Waals surface area contributed by atoms with E-state index in [4.69, 9.17) is 0 Å². The molecule has 1 atom stereocenters. The maximum absolute atomic E-state index is 11.2. The number of rotatable bonds is 2. The van der Waals surface area contributed by atoms with Gasteiger partial charge in [0.25, 0.3) is 0 Å². The lowest BCUT2D eigenvalue weighted by molar-refractivity contribution is -0.122. The lowest BCUT2D eigenvalue weighted by Gasteiger charge is -2.21. The van der Waals surface area contributed by atoms with E-state index < -0.39 is 0 Å². The van der Waals surface area contributed by atoms with E-state index in [0.29, 0.717) is 5.78 Å². The van der Waals surface area contributed by atoms with Gasteiger partial charge in [-0.3, -0.25) is 4.79 Å². The Kier molecular flexibility index (Phi) is 2.83. The Morgan fingerprint density at radius 2 is 2.55 bits per heavy atom. The van der Waals surface area contributed by atoms with Crippen molar-refractivity contribution in [1.82, 2.24) is 5.32 Å². The molecule has 1 N–H and O–H groups in total. The standard InChI is InChI=1S/C9H15NO/c1-7(2)6-8-9(11)4-3-5-10-8/h8,10H,1,3-6H2,2H3. The molecule has 1 aliphatic rings. The van der Waals surface area contributed by atoms with Crippen molar-refractivity contribution in [2.75, 3.05) is 6.54 Å². The summed E-state index contributed by atoms with van der Waals surface area (Å²) in [4.78, 5) is 11.2. The van der Waals surface area contributed by atoms with Gasteiger partial charge in [0.15, 0.2) is 0 Å². The Morgan fingerprint density at radius 1 is 1.82 bits per heavy atom. The van der Waals surface area contributed by atoms with E-state index in [-0.39, 0.29) is 6.04 Å². The molecular weight excluding hydrogens is 138 g/mol. The zero-order chi connectivity index (χ0) is 8.27. The van der Waals surface area contributed by atoms with Crippen molar-refractivity contribution < 1.29 is 4.79 Å². The first kappa shape index (κ1) is 8.47. The number of carbonyl (C=O) groups is 1. The number of piperidine rings is 1. The van der Waals surface area contributed by atoms with Gasteiger partial charge in [0.05, 0.1) is 6.04 Å². The first-order valence-corrected chi connectivity index (χ1v) is 4.10. The maximum atomic E-state index is 11.2. The summed E-state index contributed by atoms with van der Waals surface area (Å²) >= 11 is 0. The maximum Gasteiger partial charge on any atom is 0.150 e. The molecule has 1 fully saturated rings. The van der Waals surface area contributed by atoms with Gasteiger partial charge in [-0.1, -0.05) is 5.57 Å². The molecule has 1 heterocycles. The molecule has 1 rings (SSSR count). The highest BCUT2D eigenvalue weighted by Gasteiger charge is 2.20. The molecule has 0 radical (unpaired) electrons. The van der Waals surface area contributed by atoms with Gasteiger partial charge < -0.3 is 5.32 Å². The topological polar surface area (TPSA) is 29.1 Å². The summed E-state index contributed by atoms with van der Waals surface area (Å²) < 4.78 is 0. The molecule has 1 saturated heterocycles. The van der Waals surface area contributed by atoms with E-state index in [9.17, 15) is 4.79 Å². The molecule has 0 aromatic carbocycles. The van der Waals surface area contributed by atoms with Crippen LogP contribution in [0.3, 0.4) is 0 Å². The van der Waals surface area contributed by atoms with E-state index in [1.54, 1.807) is 0 Å². The van der Waals surface area contributed by atoms with Crippen LogP contribution < -0.4 is 5.32 Å². The van der Waals surface area contributed by atoms with Crippen LogP contribution in [-0.2, 0) is 4.79 Å². The molecule has 1 aliphatic heterocycles. The fourth-order valence-electron chi connectivity index (χ4n) is 1.36. The van der Waals surface area contributed by atoms with E-state index in [1.165, 1.54) is 0 Å². The van der Waals surface area contributed by atoms with Gasteiger partial charge in [0.2, 0.25) is 0 Å². The highest BCUT2D eigenvalue weighted by Crippen LogP contribution is 2.10. The van der Waals surface area contributed by atoms with Gasteiger partial charge in [-0.2, -0.15) is 0 Å². The summed E-state index contributed by atoms with van der Waals surface area (Å²) in [6.07, 6.45) is 2.54. The Hall–Kier alpha value is -0.630. The Morgan fingerprint density at radius 3 is 3.09 bits per heavy atom. The fraction of sp³-hybridized carbons (Fsp3) is 0.667. The lowest BCUT2D eigenvalue weighted by atomic mass is 9.98. The fourth-order valence-corrected chi connectivity index (χ4v) is 1.36. The van der Waals surface area contributed by atoms with Gasteiger partial charge in [-0.15, -0.1) is 6.58 Å². The van der Waals surface area contributed by atoms with Gasteiger partial charge in [0.1, 0.15) is 5.78 Å². The molecule has 0 amide bonds. The van der Waals surface area contributed by atoms with Crippen LogP contribution in [0.5, 0.6) is 0 Å². The van der Waals surface area contributed by atoms with Crippen LogP contribution in [0.2, 0.25) is 0 Å². The van der Waals surface area contributed by atoms with E-state index >= 15 is 0 Å². The van der Waals surface area contributed by atoms with Crippen LogP contribution in [0.1, 0.15) is 26.2 Å². The summed E-state index contributed by atoms with van der Waals surface area (Å²) in [5.41, 5.74) is 1.08. The molecule has 1 unspecified atom stereocenters. The van der Waals surface area contributed by atoms with Gasteiger partial charge in [-0.25, -0.2) is 0 Å². The third-order valence-corrected chi connectivity index (χ3v) is 1.93. The van der Waals surface area contributed by atoms with Crippen molar-refractivity contribution in [2.45, 2.75) is 32.2 Å². The van der Waals surface area contributed by atoms with Crippen LogP contribution in [0.15, 0.2) is 12.2 Å². The van der Waals surface area contributed by atoms with Crippen LogP contribution >= 0.6 is 0 Å². The SMILES string of the molecule is C=C(C)CC1NCCCC1=O. The Bertz CT molecular complexity index is 174. The van der Waals surface area contributed by atoms with Gasteiger partial charge in [0, 0.05) is 6.42 Å². The van der Waals surface area contributed by atoms with Crippen molar-refractivity contribution in [3.8, 4) is 0 Å². The minimum Gasteiger partial charge on any atom is -0.307 e. The van der Waals surface area contributed by atoms with Crippen LogP contribution in [0.25, 0.3) is 0 Å². The normalized spacial score (nSPS) is 25.2. The highest BCUT2D eigenvalue weighted by atomic mass is 16.1. The van der Waals surface area contributed by atoms with Crippen molar-refractivity contribution in [1.29, 1.82) is 0 Å². The molecule has 0 aromatic rings. The molecular formula is C9H15NO. The van der Waals surface area contributed by atoms with Crippen LogP contribution in [0.4, 0.5) is 0 Å². The number of nitrogens with one attached hydrogen (secondary N) is 1. The Labute approximate surface area is 67.7 Å². The first-order valence-electron chi connectivity index (χ1n) is 4.10. The molecule has 0 aliphatic carbocycles. The average molecular weight is 153 g/mol. The second-order valence-electron chi connectivity index (χ2n) is 3.24. The van der Waals surface area contributed by atoms with Crippen molar-refractivity contribution >= 4 is 5.78 Å². The van der Waals surface area contributed by atoms with Gasteiger partial charge >= 0.3 is 0 Å². The predicted octanol–water partition coefficient (Wildman–Crippen LogP) is 1.27. The first-order chi connectivity index (χ1) is 5.20. The molecule has 62 valence electrons. The summed E-state index contributed by atoms with van der Waals surface area (Å²) in [5, 5.41) is 3.19. The van der Waals surface area contributed by atoms with E-state index in [2.05, 4.69) is 11.9 Å². The Balaban J connectivity index is 2.42. The lowest BCUT2D eigenvalue weighted by Crippen LogP contribution is -2.41. The second-order valence-corrected chi connectivity index (χ2v) is 3.24. The quantitative estimate of drug-likeness (QED) is 0.605. The average Bonchev–Trinajstić information content (AvgIpc) is 1.93. The number of hydrogen-bond acceptors (Lipinski definition) is 2. The second kappa shape index (κ2) is 3.67. The van der Waals surface area contributed by atoms with Gasteiger partial charge in [-0.05, 0) is 26.3 Å². The smallest absolute Gasteiger partial charge is 0.150 e. The highest BCUT2D eigenvalue weighted by molar-refractivity contribution is 5.84. The molecule has 0 saturated carbocycles. The van der Waals surface area contributed by atoms with Crippen molar-refractivity contribution in [3.63, 3.8) is 0 Å². The third-order valence-electron chi connectivity index (χ3n) is 1.93. The minimum absolute atomic E-state index is 0.0567. The van der Waals surface area contributed by atoms with Crippen LogP contribution in [0, 0.1) is 0 Å². The summed E-state index contributed by atoms with van der Waals surface area (Å²) in [5.74, 6) is 0.347. The summed E-state index contributed by atoms with van der Waals surface area (Å²) in [7, 11) is 0. The van der Waals surface area contributed by atoms with E-state index in [1.807, 2.05) is 6.92 Å². The zero-order valence-corrected chi connectivity index (χ0v) is 7.02. The summed E-state index contributed by atoms with van der Waals surface area (Å²) in [6.45, 7) is 6.73. The minimum atomic E-state index is 0.0567. The number of Topliss-reactive ketones (excluding diaryl/α,β-unsaturated/α-hetero) is 1. The van der Waals surface area contributed by atoms with Crippen molar-refractivity contribution in [3.05, 3.63) is 12.2 Å². The molecule has 0 spiro atoms. The largest absolute Gasteiger partial charge is 0.307 e. The summed E-state index contributed by atoms with van der Waals surface area (Å²) in [6, 6.07) is 0.0567. The van der Waals surface area contributed by atoms with Crippen molar-refractivity contribution in [2.24, 2.45) is 0 Å². The van der Waals surface area contributed by atoms with E-state index in [0.717, 1.165) is 31.4 Å². The number of ketones is 1. The monoisotopic (exact) mass is 153 g/mol. The third kappa shape index (κ3) is 2.46. The predicted molar refractivity (Wildman–Crippen MR) is 45.5 cm³/mol. The zero-order valence-electron chi connectivity index (χ0n) is 7.02. The molecule has 2 nitrogen and oxygen atoms in total. The molecule has 2 heteroatoms. The molecule has 11 heavy (non-hydrogen) atoms. The molecule has 0 bridgehead atoms. The molecule has 0 aromatic heterocycles. The number of hydrogen-bond donors (Lipinski definition) is 1.